The van der Waals surface area contributed by atoms with E-state index in [0.29, 0.717) is 5.92 Å². The first kappa shape index (κ1) is 15.8. The summed E-state index contributed by atoms with van der Waals surface area (Å²) in [4.78, 5) is 19.2. The molecule has 0 aromatic carbocycles. The minimum absolute atomic E-state index is 0.157. The Morgan fingerprint density at radius 2 is 2.19 bits per heavy atom. The maximum absolute atomic E-state index is 12.7. The number of pyridine rings is 1. The highest BCUT2D eigenvalue weighted by Crippen LogP contribution is 2.23. The van der Waals surface area contributed by atoms with E-state index >= 15 is 0 Å². The van der Waals surface area contributed by atoms with Crippen LogP contribution in [0, 0.1) is 5.92 Å². The predicted octanol–water partition coefficient (Wildman–Crippen LogP) is 3.34. The molecular weight excluding hydrogens is 262 g/mol. The lowest BCUT2D eigenvalue weighted by Crippen LogP contribution is -2.29. The van der Waals surface area contributed by atoms with Gasteiger partial charge in [-0.2, -0.15) is 0 Å². The molecule has 0 radical (unpaired) electrons. The highest BCUT2D eigenvalue weighted by Gasteiger charge is 2.26. The van der Waals surface area contributed by atoms with Crippen molar-refractivity contribution >= 4 is 11.7 Å². The van der Waals surface area contributed by atoms with Crippen LogP contribution in [-0.2, 0) is 6.42 Å². The van der Waals surface area contributed by atoms with Crippen molar-refractivity contribution in [2.24, 2.45) is 5.92 Å². The molecule has 1 aromatic heterocycles. The molecule has 0 bridgehead atoms. The summed E-state index contributed by atoms with van der Waals surface area (Å²) in [6.45, 7) is 6.14. The molecule has 4 nitrogen and oxygen atoms in total. The van der Waals surface area contributed by atoms with Crippen LogP contribution >= 0.6 is 0 Å². The maximum Gasteiger partial charge on any atom is 0.254 e. The lowest BCUT2D eigenvalue weighted by molar-refractivity contribution is 0.0786. The number of hydrogen-bond donors (Lipinski definition) is 1. The molecule has 0 aliphatic carbocycles. The molecule has 0 spiro atoms. The van der Waals surface area contributed by atoms with Crippen LogP contribution in [-0.4, -0.2) is 35.9 Å². The van der Waals surface area contributed by atoms with Crippen molar-refractivity contribution < 1.29 is 4.79 Å². The summed E-state index contributed by atoms with van der Waals surface area (Å²) < 4.78 is 0. The van der Waals surface area contributed by atoms with Gasteiger partial charge in [0.1, 0.15) is 5.82 Å². The Balaban J connectivity index is 2.13. The van der Waals surface area contributed by atoms with E-state index in [-0.39, 0.29) is 5.91 Å². The van der Waals surface area contributed by atoms with Gasteiger partial charge in [-0.3, -0.25) is 4.79 Å². The van der Waals surface area contributed by atoms with E-state index in [1.807, 2.05) is 24.1 Å². The van der Waals surface area contributed by atoms with Gasteiger partial charge in [-0.05, 0) is 37.3 Å². The van der Waals surface area contributed by atoms with Gasteiger partial charge in [-0.1, -0.05) is 26.7 Å². The Kier molecular flexibility index (Phi) is 5.59. The largest absolute Gasteiger partial charge is 0.373 e. The van der Waals surface area contributed by atoms with Crippen LogP contribution in [0.2, 0.25) is 0 Å². The standard InChI is InChI=1S/C17H27N3O/c1-4-6-13-8-9-20(12-13)17(21)14-10-15(7-5-2)19-16(11-14)18-3/h10-11,13H,4-9,12H2,1-3H3,(H,18,19). The molecule has 2 heterocycles. The van der Waals surface area contributed by atoms with E-state index in [9.17, 15) is 4.79 Å². The average Bonchev–Trinajstić information content (AvgIpc) is 2.95. The van der Waals surface area contributed by atoms with Gasteiger partial charge in [-0.15, -0.1) is 0 Å². The third kappa shape index (κ3) is 3.96. The van der Waals surface area contributed by atoms with Crippen molar-refractivity contribution in [3.63, 3.8) is 0 Å². The van der Waals surface area contributed by atoms with Gasteiger partial charge in [0, 0.05) is 31.4 Å². The smallest absolute Gasteiger partial charge is 0.254 e. The number of carbonyl (C=O) groups is 1. The van der Waals surface area contributed by atoms with Crippen LogP contribution in [0.5, 0.6) is 0 Å². The summed E-state index contributed by atoms with van der Waals surface area (Å²) in [5.74, 6) is 1.62. The fraction of sp³-hybridized carbons (Fsp3) is 0.647. The van der Waals surface area contributed by atoms with E-state index < -0.39 is 0 Å². The van der Waals surface area contributed by atoms with Crippen LogP contribution in [0.3, 0.4) is 0 Å². The van der Waals surface area contributed by atoms with Crippen molar-refractivity contribution in [3.05, 3.63) is 23.4 Å². The lowest BCUT2D eigenvalue weighted by Gasteiger charge is -2.17. The summed E-state index contributed by atoms with van der Waals surface area (Å²) in [7, 11) is 1.85. The van der Waals surface area contributed by atoms with E-state index in [2.05, 4.69) is 24.1 Å². The second-order valence-corrected chi connectivity index (χ2v) is 5.93. The topological polar surface area (TPSA) is 45.2 Å². The molecule has 4 heteroatoms. The number of hydrogen-bond acceptors (Lipinski definition) is 3. The van der Waals surface area contributed by atoms with Crippen LogP contribution in [0.4, 0.5) is 5.82 Å². The molecule has 1 N–H and O–H groups in total. The molecule has 1 unspecified atom stereocenters. The Bertz CT molecular complexity index is 487. The number of amides is 1. The number of nitrogens with zero attached hydrogens (tertiary/aromatic N) is 2. The monoisotopic (exact) mass is 289 g/mol. The minimum atomic E-state index is 0.157. The van der Waals surface area contributed by atoms with Gasteiger partial charge < -0.3 is 10.2 Å². The number of rotatable bonds is 6. The fourth-order valence-electron chi connectivity index (χ4n) is 3.07. The minimum Gasteiger partial charge on any atom is -0.373 e. The highest BCUT2D eigenvalue weighted by atomic mass is 16.2. The molecular formula is C17H27N3O. The first-order chi connectivity index (χ1) is 10.2. The van der Waals surface area contributed by atoms with Gasteiger partial charge in [0.25, 0.3) is 5.91 Å². The van der Waals surface area contributed by atoms with E-state index in [1.165, 1.54) is 12.8 Å². The number of nitrogens with one attached hydrogen (secondary N) is 1. The van der Waals surface area contributed by atoms with Gasteiger partial charge in [-0.25, -0.2) is 4.98 Å². The molecule has 0 saturated carbocycles. The summed E-state index contributed by atoms with van der Waals surface area (Å²) >= 11 is 0. The Morgan fingerprint density at radius 1 is 1.38 bits per heavy atom. The first-order valence-corrected chi connectivity index (χ1v) is 8.15. The zero-order valence-electron chi connectivity index (χ0n) is 13.5. The van der Waals surface area contributed by atoms with Crippen LogP contribution in [0.1, 0.15) is 55.6 Å². The van der Waals surface area contributed by atoms with Crippen molar-refractivity contribution in [3.8, 4) is 0 Å². The van der Waals surface area contributed by atoms with Crippen molar-refractivity contribution in [1.29, 1.82) is 0 Å². The van der Waals surface area contributed by atoms with Crippen LogP contribution in [0.15, 0.2) is 12.1 Å². The van der Waals surface area contributed by atoms with Gasteiger partial charge in [0.05, 0.1) is 0 Å². The SMILES string of the molecule is CCCc1cc(C(=O)N2CCC(CCC)C2)cc(NC)n1. The second kappa shape index (κ2) is 7.43. The molecule has 1 saturated heterocycles. The van der Waals surface area contributed by atoms with Gasteiger partial charge in [0.15, 0.2) is 0 Å². The highest BCUT2D eigenvalue weighted by molar-refractivity contribution is 5.95. The number of anilines is 1. The third-order valence-electron chi connectivity index (χ3n) is 4.16. The molecule has 1 aromatic rings. The van der Waals surface area contributed by atoms with Crippen LogP contribution < -0.4 is 5.32 Å². The number of carbonyl (C=O) groups excluding carboxylic acids is 1. The predicted molar refractivity (Wildman–Crippen MR) is 86.7 cm³/mol. The molecule has 1 fully saturated rings. The Labute approximate surface area is 127 Å². The Hall–Kier alpha value is -1.58. The average molecular weight is 289 g/mol. The zero-order chi connectivity index (χ0) is 15.2. The second-order valence-electron chi connectivity index (χ2n) is 5.93. The Morgan fingerprint density at radius 3 is 2.86 bits per heavy atom. The normalized spacial score (nSPS) is 18.0. The number of aromatic nitrogens is 1. The van der Waals surface area contributed by atoms with E-state index in [0.717, 1.165) is 49.4 Å². The van der Waals surface area contributed by atoms with Gasteiger partial charge in [0.2, 0.25) is 0 Å². The number of likely N-dealkylation sites (tertiary alicyclic amines) is 1. The van der Waals surface area contributed by atoms with E-state index in [4.69, 9.17) is 0 Å². The molecule has 1 amide bonds. The van der Waals surface area contributed by atoms with Crippen molar-refractivity contribution in [2.75, 3.05) is 25.5 Å². The lowest BCUT2D eigenvalue weighted by atomic mass is 10.0. The quantitative estimate of drug-likeness (QED) is 0.873. The molecule has 2 rings (SSSR count). The molecule has 1 atom stereocenters. The van der Waals surface area contributed by atoms with Gasteiger partial charge >= 0.3 is 0 Å². The number of aryl methyl sites for hydroxylation is 1. The fourth-order valence-corrected chi connectivity index (χ4v) is 3.07. The summed E-state index contributed by atoms with van der Waals surface area (Å²) in [6.07, 6.45) is 5.52. The molecule has 116 valence electrons. The molecule has 21 heavy (non-hydrogen) atoms. The summed E-state index contributed by atoms with van der Waals surface area (Å²) in [6, 6.07) is 3.83. The maximum atomic E-state index is 12.7. The summed E-state index contributed by atoms with van der Waals surface area (Å²) in [5.41, 5.74) is 1.77. The van der Waals surface area contributed by atoms with Crippen molar-refractivity contribution in [1.82, 2.24) is 9.88 Å². The van der Waals surface area contributed by atoms with E-state index in [1.54, 1.807) is 0 Å². The first-order valence-electron chi connectivity index (χ1n) is 8.15. The zero-order valence-corrected chi connectivity index (χ0v) is 13.5. The third-order valence-corrected chi connectivity index (χ3v) is 4.16. The molecule has 1 aliphatic heterocycles. The molecule has 1 aliphatic rings. The van der Waals surface area contributed by atoms with Crippen LogP contribution in [0.25, 0.3) is 0 Å². The summed E-state index contributed by atoms with van der Waals surface area (Å²) in [5, 5.41) is 3.06. The van der Waals surface area contributed by atoms with Crippen molar-refractivity contribution in [2.45, 2.75) is 46.0 Å².